The lowest BCUT2D eigenvalue weighted by atomic mass is 10.1. The van der Waals surface area contributed by atoms with Crippen molar-refractivity contribution in [2.45, 2.75) is 0 Å². The Kier molecular flexibility index (Phi) is 3.02. The molecule has 1 aromatic heterocycles. The first-order valence-corrected chi connectivity index (χ1v) is 5.90. The highest BCUT2D eigenvalue weighted by molar-refractivity contribution is 5.93. The minimum absolute atomic E-state index is 0.203. The molecule has 3 aromatic rings. The summed E-state index contributed by atoms with van der Waals surface area (Å²) >= 11 is 0. The Morgan fingerprint density at radius 3 is 2.40 bits per heavy atom. The molecule has 0 saturated heterocycles. The number of aromatic nitrogens is 1. The molecule has 20 heavy (non-hydrogen) atoms. The number of anilines is 2. The minimum atomic E-state index is -0.683. The third-order valence-corrected chi connectivity index (χ3v) is 2.86. The fourth-order valence-corrected chi connectivity index (χ4v) is 2.03. The van der Waals surface area contributed by atoms with E-state index < -0.39 is 17.5 Å². The summed E-state index contributed by atoms with van der Waals surface area (Å²) in [7, 11) is 0. The molecule has 0 fully saturated rings. The molecule has 1 heterocycles. The Hall–Kier alpha value is -2.56. The number of hydrogen-bond acceptors (Lipinski definition) is 2. The van der Waals surface area contributed by atoms with Crippen LogP contribution < -0.4 is 5.32 Å². The van der Waals surface area contributed by atoms with Gasteiger partial charge in [0, 0.05) is 29.0 Å². The maximum absolute atomic E-state index is 13.6. The molecule has 2 aromatic carbocycles. The van der Waals surface area contributed by atoms with Crippen molar-refractivity contribution in [1.29, 1.82) is 0 Å². The van der Waals surface area contributed by atoms with Crippen LogP contribution in [0.15, 0.2) is 48.7 Å². The van der Waals surface area contributed by atoms with Gasteiger partial charge in [0.2, 0.25) is 0 Å². The lowest BCUT2D eigenvalue weighted by molar-refractivity contribution is 0.584. The summed E-state index contributed by atoms with van der Waals surface area (Å²) in [6.45, 7) is 0. The molecule has 5 heteroatoms. The highest BCUT2D eigenvalue weighted by Gasteiger charge is 2.07. The van der Waals surface area contributed by atoms with E-state index >= 15 is 0 Å². The number of fused-ring (bicyclic) bond motifs is 1. The van der Waals surface area contributed by atoms with Crippen molar-refractivity contribution in [2.24, 2.45) is 0 Å². The van der Waals surface area contributed by atoms with E-state index in [1.54, 1.807) is 18.2 Å². The van der Waals surface area contributed by atoms with E-state index in [9.17, 15) is 13.2 Å². The number of benzene rings is 2. The Morgan fingerprint density at radius 1 is 0.900 bits per heavy atom. The second-order valence-electron chi connectivity index (χ2n) is 4.28. The standard InChI is InChI=1S/C15H9F3N2/c16-9-6-10(17)8-11(7-9)20-14-4-5-19-15-12(14)2-1-3-13(15)18/h1-8H,(H,19,20). The first kappa shape index (κ1) is 12.5. The molecule has 0 spiro atoms. The number of para-hydroxylation sites is 1. The van der Waals surface area contributed by atoms with E-state index in [1.807, 2.05) is 0 Å². The number of hydrogen-bond donors (Lipinski definition) is 1. The fourth-order valence-electron chi connectivity index (χ4n) is 2.03. The maximum Gasteiger partial charge on any atom is 0.149 e. The van der Waals surface area contributed by atoms with Crippen molar-refractivity contribution in [2.75, 3.05) is 5.32 Å². The van der Waals surface area contributed by atoms with Gasteiger partial charge in [-0.15, -0.1) is 0 Å². The molecule has 0 saturated carbocycles. The van der Waals surface area contributed by atoms with E-state index in [4.69, 9.17) is 0 Å². The van der Waals surface area contributed by atoms with Crippen LogP contribution in [0.5, 0.6) is 0 Å². The van der Waals surface area contributed by atoms with Crippen LogP contribution in [0, 0.1) is 17.5 Å². The highest BCUT2D eigenvalue weighted by Crippen LogP contribution is 2.27. The largest absolute Gasteiger partial charge is 0.355 e. The van der Waals surface area contributed by atoms with Gasteiger partial charge in [-0.2, -0.15) is 0 Å². The number of pyridine rings is 1. The van der Waals surface area contributed by atoms with Crippen molar-refractivity contribution in [3.63, 3.8) is 0 Å². The summed E-state index contributed by atoms with van der Waals surface area (Å²) in [6, 6.07) is 9.27. The highest BCUT2D eigenvalue weighted by atomic mass is 19.1. The van der Waals surface area contributed by atoms with Crippen LogP contribution in [-0.2, 0) is 0 Å². The summed E-state index contributed by atoms with van der Waals surface area (Å²) in [4.78, 5) is 3.95. The lowest BCUT2D eigenvalue weighted by Gasteiger charge is -2.10. The van der Waals surface area contributed by atoms with Crippen molar-refractivity contribution in [3.8, 4) is 0 Å². The van der Waals surface area contributed by atoms with Gasteiger partial charge in [0.15, 0.2) is 0 Å². The molecule has 0 radical (unpaired) electrons. The number of rotatable bonds is 2. The summed E-state index contributed by atoms with van der Waals surface area (Å²) in [5.74, 6) is -1.81. The fraction of sp³-hybridized carbons (Fsp3) is 0. The second kappa shape index (κ2) is 4.85. The SMILES string of the molecule is Fc1cc(F)cc(Nc2ccnc3c(F)cccc23)c1. The molecule has 0 amide bonds. The molecular formula is C15H9F3N2. The van der Waals surface area contributed by atoms with Gasteiger partial charge >= 0.3 is 0 Å². The van der Waals surface area contributed by atoms with E-state index in [0.717, 1.165) is 18.2 Å². The molecule has 0 aliphatic carbocycles. The molecule has 100 valence electrons. The first-order valence-electron chi connectivity index (χ1n) is 5.90. The van der Waals surface area contributed by atoms with Crippen molar-refractivity contribution < 1.29 is 13.2 Å². The Bertz CT molecular complexity index is 767. The van der Waals surface area contributed by atoms with Crippen LogP contribution >= 0.6 is 0 Å². The Morgan fingerprint density at radius 2 is 1.65 bits per heavy atom. The maximum atomic E-state index is 13.6. The van der Waals surface area contributed by atoms with Crippen LogP contribution in [0.1, 0.15) is 0 Å². The minimum Gasteiger partial charge on any atom is -0.355 e. The average Bonchev–Trinajstić information content (AvgIpc) is 2.39. The molecule has 0 aliphatic rings. The van der Waals surface area contributed by atoms with Crippen LogP contribution in [0.4, 0.5) is 24.5 Å². The van der Waals surface area contributed by atoms with Crippen LogP contribution in [0.25, 0.3) is 10.9 Å². The second-order valence-corrected chi connectivity index (χ2v) is 4.28. The molecule has 1 N–H and O–H groups in total. The quantitative estimate of drug-likeness (QED) is 0.749. The molecule has 0 unspecified atom stereocenters. The van der Waals surface area contributed by atoms with Crippen molar-refractivity contribution >= 4 is 22.3 Å². The summed E-state index contributed by atoms with van der Waals surface area (Å²) in [6.07, 6.45) is 1.43. The zero-order valence-corrected chi connectivity index (χ0v) is 10.2. The Balaban J connectivity index is 2.09. The summed E-state index contributed by atoms with van der Waals surface area (Å²) in [5.41, 5.74) is 0.980. The van der Waals surface area contributed by atoms with Crippen LogP contribution in [-0.4, -0.2) is 4.98 Å². The zero-order chi connectivity index (χ0) is 14.1. The molecule has 2 nitrogen and oxygen atoms in total. The van der Waals surface area contributed by atoms with Gasteiger partial charge in [0.1, 0.15) is 23.0 Å². The van der Waals surface area contributed by atoms with E-state index in [2.05, 4.69) is 10.3 Å². The smallest absolute Gasteiger partial charge is 0.149 e. The Labute approximate surface area is 112 Å². The van der Waals surface area contributed by atoms with Gasteiger partial charge < -0.3 is 5.32 Å². The van der Waals surface area contributed by atoms with E-state index in [1.165, 1.54) is 12.3 Å². The van der Waals surface area contributed by atoms with E-state index in [-0.39, 0.29) is 11.2 Å². The lowest BCUT2D eigenvalue weighted by Crippen LogP contribution is -1.95. The molecule has 3 rings (SSSR count). The molecular weight excluding hydrogens is 265 g/mol. The number of nitrogens with one attached hydrogen (secondary N) is 1. The summed E-state index contributed by atoms with van der Waals surface area (Å²) < 4.78 is 39.9. The number of halogens is 3. The van der Waals surface area contributed by atoms with Gasteiger partial charge in [-0.25, -0.2) is 13.2 Å². The van der Waals surface area contributed by atoms with Crippen molar-refractivity contribution in [1.82, 2.24) is 4.98 Å². The molecule has 0 bridgehead atoms. The molecule has 0 atom stereocenters. The van der Waals surface area contributed by atoms with Crippen LogP contribution in [0.3, 0.4) is 0 Å². The zero-order valence-electron chi connectivity index (χ0n) is 10.2. The summed E-state index contributed by atoms with van der Waals surface area (Å²) in [5, 5.41) is 3.41. The van der Waals surface area contributed by atoms with Crippen molar-refractivity contribution in [3.05, 3.63) is 66.1 Å². The predicted octanol–water partition coefficient (Wildman–Crippen LogP) is 4.40. The van der Waals surface area contributed by atoms with Gasteiger partial charge in [-0.05, 0) is 24.3 Å². The average molecular weight is 274 g/mol. The third-order valence-electron chi connectivity index (χ3n) is 2.86. The van der Waals surface area contributed by atoms with E-state index in [0.29, 0.717) is 11.1 Å². The molecule has 0 aliphatic heterocycles. The first-order chi connectivity index (χ1) is 9.63. The monoisotopic (exact) mass is 274 g/mol. The predicted molar refractivity (Wildman–Crippen MR) is 71.3 cm³/mol. The normalized spacial score (nSPS) is 10.8. The third kappa shape index (κ3) is 2.30. The van der Waals surface area contributed by atoms with Gasteiger partial charge in [0.05, 0.1) is 0 Å². The van der Waals surface area contributed by atoms with Gasteiger partial charge in [-0.1, -0.05) is 12.1 Å². The number of nitrogens with zero attached hydrogens (tertiary/aromatic N) is 1. The van der Waals surface area contributed by atoms with Gasteiger partial charge in [0.25, 0.3) is 0 Å². The van der Waals surface area contributed by atoms with Crippen LogP contribution in [0.2, 0.25) is 0 Å². The van der Waals surface area contributed by atoms with Gasteiger partial charge in [-0.3, -0.25) is 4.98 Å². The topological polar surface area (TPSA) is 24.9 Å².